The van der Waals surface area contributed by atoms with Gasteiger partial charge in [0.1, 0.15) is 11.3 Å². The van der Waals surface area contributed by atoms with Gasteiger partial charge in [-0.3, -0.25) is 4.79 Å². The summed E-state index contributed by atoms with van der Waals surface area (Å²) in [4.78, 5) is 24.0. The van der Waals surface area contributed by atoms with Gasteiger partial charge in [0.15, 0.2) is 0 Å². The molecule has 0 radical (unpaired) electrons. The quantitative estimate of drug-likeness (QED) is 0.498. The summed E-state index contributed by atoms with van der Waals surface area (Å²) in [6, 6.07) is 10.2. The van der Waals surface area contributed by atoms with Crippen molar-refractivity contribution in [2.24, 2.45) is 0 Å². The van der Waals surface area contributed by atoms with Crippen molar-refractivity contribution in [1.29, 1.82) is 0 Å². The zero-order valence-electron chi connectivity index (χ0n) is 15.8. The van der Waals surface area contributed by atoms with E-state index in [1.807, 2.05) is 18.2 Å². The van der Waals surface area contributed by atoms with E-state index in [-0.39, 0.29) is 22.5 Å². The van der Waals surface area contributed by atoms with Crippen molar-refractivity contribution < 1.29 is 19.4 Å². The van der Waals surface area contributed by atoms with Gasteiger partial charge in [-0.05, 0) is 66.0 Å². The molecule has 2 aromatic rings. The number of Topliss-reactive ketones (excluding diaryl/α,β-unsaturated/α-hetero) is 1. The lowest BCUT2D eigenvalue weighted by molar-refractivity contribution is 0.0597. The van der Waals surface area contributed by atoms with Crippen molar-refractivity contribution in [3.05, 3.63) is 64.2 Å². The molecular weight excluding hydrogens is 340 g/mol. The normalized spacial score (nSPS) is 14.5. The molecule has 0 fully saturated rings. The van der Waals surface area contributed by atoms with Gasteiger partial charge in [0.05, 0.1) is 7.11 Å². The van der Waals surface area contributed by atoms with Crippen molar-refractivity contribution >= 4 is 11.8 Å². The van der Waals surface area contributed by atoms with E-state index in [4.69, 9.17) is 0 Å². The number of fused-ring (bicyclic) bond motifs is 1. The highest BCUT2D eigenvalue weighted by molar-refractivity contribution is 6.09. The van der Waals surface area contributed by atoms with Gasteiger partial charge < -0.3 is 9.84 Å². The average Bonchev–Trinajstić information content (AvgIpc) is 2.65. The van der Waals surface area contributed by atoms with E-state index in [9.17, 15) is 14.7 Å². The first kappa shape index (κ1) is 18.7. The van der Waals surface area contributed by atoms with Gasteiger partial charge in [-0.25, -0.2) is 4.79 Å². The molecule has 0 unspecified atom stereocenters. The molecule has 0 saturated carbocycles. The van der Waals surface area contributed by atoms with E-state index in [2.05, 4.69) is 30.4 Å². The van der Waals surface area contributed by atoms with Crippen LogP contribution in [0.2, 0.25) is 0 Å². The van der Waals surface area contributed by atoms with Crippen LogP contribution in [0.4, 0.5) is 0 Å². The van der Waals surface area contributed by atoms with E-state index >= 15 is 0 Å². The summed E-state index contributed by atoms with van der Waals surface area (Å²) in [6.45, 7) is 4.41. The molecule has 0 atom stereocenters. The first-order valence-corrected chi connectivity index (χ1v) is 8.93. The number of ketones is 1. The van der Waals surface area contributed by atoms with E-state index in [1.54, 1.807) is 6.07 Å². The Kier molecular flexibility index (Phi) is 5.05. The number of esters is 1. The summed E-state index contributed by atoms with van der Waals surface area (Å²) in [5, 5.41) is 9.91. The topological polar surface area (TPSA) is 63.6 Å². The minimum atomic E-state index is -0.625. The number of benzene rings is 2. The Hall–Kier alpha value is -3.06. The van der Waals surface area contributed by atoms with Crippen molar-refractivity contribution in [2.75, 3.05) is 7.11 Å². The Labute approximate surface area is 159 Å². The number of aromatic hydroxyl groups is 1. The Balaban J connectivity index is 1.85. The molecular formula is C23H22O4. The van der Waals surface area contributed by atoms with Crippen LogP contribution in [-0.4, -0.2) is 24.0 Å². The highest BCUT2D eigenvalue weighted by Gasteiger charge is 2.27. The number of hydrogen-bond donors (Lipinski definition) is 1. The van der Waals surface area contributed by atoms with Crippen LogP contribution < -0.4 is 0 Å². The van der Waals surface area contributed by atoms with Crippen LogP contribution in [0.5, 0.6) is 5.75 Å². The number of carbonyl (C=O) groups is 2. The number of methoxy groups -OCH3 is 1. The Morgan fingerprint density at radius 3 is 2.63 bits per heavy atom. The second-order valence-corrected chi connectivity index (χ2v) is 7.41. The molecule has 3 rings (SSSR count). The molecule has 1 aliphatic carbocycles. The highest BCUT2D eigenvalue weighted by Crippen LogP contribution is 2.37. The molecule has 27 heavy (non-hydrogen) atoms. The molecule has 1 N–H and O–H groups in total. The van der Waals surface area contributed by atoms with Crippen molar-refractivity contribution in [3.63, 3.8) is 0 Å². The molecule has 0 amide bonds. The van der Waals surface area contributed by atoms with Gasteiger partial charge in [0, 0.05) is 11.1 Å². The highest BCUT2D eigenvalue weighted by atomic mass is 16.5. The number of hydrogen-bond acceptors (Lipinski definition) is 4. The monoisotopic (exact) mass is 362 g/mol. The Morgan fingerprint density at radius 1 is 1.15 bits per heavy atom. The van der Waals surface area contributed by atoms with E-state index in [1.165, 1.54) is 30.4 Å². The molecule has 138 valence electrons. The second kappa shape index (κ2) is 7.28. The fourth-order valence-corrected chi connectivity index (χ4v) is 3.51. The predicted octanol–water partition coefficient (Wildman–Crippen LogP) is 4.03. The van der Waals surface area contributed by atoms with Crippen molar-refractivity contribution in [1.82, 2.24) is 0 Å². The minimum Gasteiger partial charge on any atom is -0.507 e. The van der Waals surface area contributed by atoms with E-state index in [0.29, 0.717) is 11.1 Å². The minimum absolute atomic E-state index is 0.0614. The fourth-order valence-electron chi connectivity index (χ4n) is 3.51. The van der Waals surface area contributed by atoms with Crippen LogP contribution in [0, 0.1) is 11.8 Å². The molecule has 0 saturated heterocycles. The summed E-state index contributed by atoms with van der Waals surface area (Å²) in [7, 11) is 1.24. The molecule has 0 aliphatic heterocycles. The molecule has 4 nitrogen and oxygen atoms in total. The molecule has 0 heterocycles. The third kappa shape index (κ3) is 3.88. The van der Waals surface area contributed by atoms with E-state index < -0.39 is 5.97 Å². The summed E-state index contributed by atoms with van der Waals surface area (Å²) < 4.78 is 4.59. The number of phenols is 1. The Morgan fingerprint density at radius 2 is 1.93 bits per heavy atom. The van der Waals surface area contributed by atoms with E-state index in [0.717, 1.165) is 19.3 Å². The van der Waals surface area contributed by atoms with Gasteiger partial charge in [-0.1, -0.05) is 31.9 Å². The lowest BCUT2D eigenvalue weighted by atomic mass is 9.72. The predicted molar refractivity (Wildman–Crippen MR) is 103 cm³/mol. The number of carbonyl (C=O) groups excluding carboxylic acids is 2. The van der Waals surface area contributed by atoms with Crippen LogP contribution >= 0.6 is 0 Å². The Bertz CT molecular complexity index is 974. The summed E-state index contributed by atoms with van der Waals surface area (Å²) in [5.74, 6) is 4.26. The van der Waals surface area contributed by atoms with Crippen LogP contribution in [0.25, 0.3) is 0 Å². The summed E-state index contributed by atoms with van der Waals surface area (Å²) in [5.41, 5.74) is 3.68. The van der Waals surface area contributed by atoms with Gasteiger partial charge in [-0.2, -0.15) is 0 Å². The molecule has 0 aromatic heterocycles. The average molecular weight is 362 g/mol. The zero-order valence-corrected chi connectivity index (χ0v) is 15.8. The standard InChI is InChI=1S/C23H22O4/c1-23(2)12-4-5-16-8-9-17(14-19(16)23)20(24)11-7-15-6-10-18(21(25)13-15)22(26)27-3/h6,8-10,13-14,25H,4-5,12H2,1-3H3. The largest absolute Gasteiger partial charge is 0.507 e. The van der Waals surface area contributed by atoms with Gasteiger partial charge in [0.25, 0.3) is 0 Å². The van der Waals surface area contributed by atoms with Crippen LogP contribution in [0.3, 0.4) is 0 Å². The van der Waals surface area contributed by atoms with Gasteiger partial charge in [-0.15, -0.1) is 0 Å². The first-order chi connectivity index (χ1) is 12.8. The molecule has 0 bridgehead atoms. The summed E-state index contributed by atoms with van der Waals surface area (Å²) >= 11 is 0. The third-order valence-corrected chi connectivity index (χ3v) is 5.07. The maximum absolute atomic E-state index is 12.5. The van der Waals surface area contributed by atoms with Crippen LogP contribution in [0.15, 0.2) is 36.4 Å². The van der Waals surface area contributed by atoms with Crippen molar-refractivity contribution in [3.8, 4) is 17.6 Å². The lowest BCUT2D eigenvalue weighted by Gasteiger charge is -2.32. The fraction of sp³-hybridized carbons (Fsp3) is 0.304. The third-order valence-electron chi connectivity index (χ3n) is 5.07. The zero-order chi connectivity index (χ0) is 19.6. The maximum Gasteiger partial charge on any atom is 0.341 e. The number of rotatable bonds is 2. The number of ether oxygens (including phenoxy) is 1. The second-order valence-electron chi connectivity index (χ2n) is 7.41. The SMILES string of the molecule is COC(=O)c1ccc(C#CC(=O)c2ccc3c(c2)C(C)(C)CCC3)cc1O. The van der Waals surface area contributed by atoms with Crippen molar-refractivity contribution in [2.45, 2.75) is 38.5 Å². The maximum atomic E-state index is 12.5. The van der Waals surface area contributed by atoms with Gasteiger partial charge >= 0.3 is 5.97 Å². The number of aryl methyl sites for hydroxylation is 1. The molecule has 0 spiro atoms. The molecule has 4 heteroatoms. The smallest absolute Gasteiger partial charge is 0.341 e. The van der Waals surface area contributed by atoms with Gasteiger partial charge in [0.2, 0.25) is 5.78 Å². The number of phenolic OH excluding ortho intramolecular Hbond substituents is 1. The molecule has 2 aromatic carbocycles. The first-order valence-electron chi connectivity index (χ1n) is 8.93. The van der Waals surface area contributed by atoms with Crippen LogP contribution in [0.1, 0.15) is 64.1 Å². The lowest BCUT2D eigenvalue weighted by Crippen LogP contribution is -2.24. The van der Waals surface area contributed by atoms with Crippen LogP contribution in [-0.2, 0) is 16.6 Å². The summed E-state index contributed by atoms with van der Waals surface area (Å²) in [6.07, 6.45) is 3.32. The molecule has 1 aliphatic rings.